The molecule has 1 aliphatic rings. The minimum atomic E-state index is -0.769. The fraction of sp³-hybridized carbons (Fsp3) is 0. The molecule has 0 radical (unpaired) electrons. The van der Waals surface area contributed by atoms with Gasteiger partial charge in [-0.15, -0.1) is 0 Å². The van der Waals surface area contributed by atoms with Crippen molar-refractivity contribution in [2.75, 3.05) is 0 Å². The lowest BCUT2D eigenvalue weighted by atomic mass is 10.4. The fourth-order valence-electron chi connectivity index (χ4n) is 0.594. The first kappa shape index (κ1) is 7.26. The van der Waals surface area contributed by atoms with Gasteiger partial charge in [-0.1, -0.05) is 6.58 Å². The fourth-order valence-corrected chi connectivity index (χ4v) is 0.594. The summed E-state index contributed by atoms with van der Waals surface area (Å²) in [6, 6.07) is 0. The molecule has 0 aromatic heterocycles. The lowest BCUT2D eigenvalue weighted by Crippen LogP contribution is -2.37. The highest BCUT2D eigenvalue weighted by Crippen LogP contribution is 1.99. The lowest BCUT2D eigenvalue weighted by Gasteiger charge is -2.10. The second-order valence-electron chi connectivity index (χ2n) is 1.86. The summed E-state index contributed by atoms with van der Waals surface area (Å²) in [5, 5.41) is 14.6. The zero-order valence-electron chi connectivity index (χ0n) is 5.46. The van der Waals surface area contributed by atoms with E-state index < -0.39 is 16.5 Å². The Hall–Kier alpha value is -1.85. The highest BCUT2D eigenvalue weighted by Gasteiger charge is 2.25. The van der Waals surface area contributed by atoms with E-state index in [-0.39, 0.29) is 5.82 Å². The molecule has 6 heteroatoms. The Labute approximate surface area is 61.7 Å². The van der Waals surface area contributed by atoms with E-state index in [2.05, 4.69) is 17.2 Å². The van der Waals surface area contributed by atoms with Crippen LogP contribution in [0.15, 0.2) is 24.3 Å². The normalized spacial score (nSPS) is 16.5. The van der Waals surface area contributed by atoms with Crippen LogP contribution in [-0.4, -0.2) is 10.8 Å². The molecule has 0 saturated carbocycles. The molecule has 11 heavy (non-hydrogen) atoms. The smallest absolute Gasteiger partial charge is 0.342 e. The van der Waals surface area contributed by atoms with E-state index in [1.165, 1.54) is 0 Å². The second kappa shape index (κ2) is 2.41. The van der Waals surface area contributed by atoms with Crippen molar-refractivity contribution in [3.63, 3.8) is 0 Å². The lowest BCUT2D eigenvalue weighted by molar-refractivity contribution is -0.419. The Bertz CT molecular complexity index is 268. The Balaban J connectivity index is 2.89. The van der Waals surface area contributed by atoms with E-state index in [0.717, 1.165) is 6.20 Å². The summed E-state index contributed by atoms with van der Waals surface area (Å²) in [6.45, 7) is 3.35. The van der Waals surface area contributed by atoms with Gasteiger partial charge in [-0.3, -0.25) is 14.9 Å². The van der Waals surface area contributed by atoms with E-state index in [1.807, 2.05) is 0 Å². The van der Waals surface area contributed by atoms with E-state index in [1.54, 1.807) is 0 Å². The second-order valence-corrected chi connectivity index (χ2v) is 1.86. The molecule has 0 saturated heterocycles. The van der Waals surface area contributed by atoms with Gasteiger partial charge < -0.3 is 10.6 Å². The van der Waals surface area contributed by atoms with Crippen molar-refractivity contribution >= 4 is 5.91 Å². The van der Waals surface area contributed by atoms with Gasteiger partial charge >= 0.3 is 11.6 Å². The molecule has 58 valence electrons. The predicted octanol–water partition coefficient (Wildman–Crippen LogP) is -0.705. The monoisotopic (exact) mass is 155 g/mol. The Morgan fingerprint density at radius 1 is 1.64 bits per heavy atom. The van der Waals surface area contributed by atoms with Crippen molar-refractivity contribution in [1.82, 2.24) is 10.6 Å². The van der Waals surface area contributed by atoms with Gasteiger partial charge in [0.15, 0.2) is 0 Å². The van der Waals surface area contributed by atoms with Crippen LogP contribution in [-0.2, 0) is 4.79 Å². The number of nitrogens with one attached hydrogen (secondary N) is 2. The third kappa shape index (κ3) is 1.34. The van der Waals surface area contributed by atoms with Crippen molar-refractivity contribution in [3.8, 4) is 0 Å². The number of hydrogen-bond acceptors (Lipinski definition) is 4. The van der Waals surface area contributed by atoms with E-state index in [9.17, 15) is 14.9 Å². The van der Waals surface area contributed by atoms with Crippen LogP contribution in [0, 0.1) is 10.1 Å². The van der Waals surface area contributed by atoms with Crippen LogP contribution in [0.25, 0.3) is 0 Å². The molecule has 0 unspecified atom stereocenters. The average molecular weight is 155 g/mol. The molecule has 1 heterocycles. The molecule has 1 rings (SSSR count). The topological polar surface area (TPSA) is 84.3 Å². The number of carbonyl (C=O) groups is 1. The molecule has 1 aliphatic heterocycles. The minimum Gasteiger partial charge on any atom is -0.342 e. The molecular weight excluding hydrogens is 150 g/mol. The molecule has 2 N–H and O–H groups in total. The molecule has 0 spiro atoms. The van der Waals surface area contributed by atoms with Crippen LogP contribution >= 0.6 is 0 Å². The van der Waals surface area contributed by atoms with Gasteiger partial charge in [0.1, 0.15) is 5.82 Å². The maximum absolute atomic E-state index is 10.7. The van der Waals surface area contributed by atoms with Crippen LogP contribution in [0.3, 0.4) is 0 Å². The molecule has 6 nitrogen and oxygen atoms in total. The average Bonchev–Trinajstić information content (AvgIpc) is 1.85. The van der Waals surface area contributed by atoms with E-state index in [0.29, 0.717) is 0 Å². The number of carbonyl (C=O) groups excluding carboxylic acids is 1. The third-order valence-corrected chi connectivity index (χ3v) is 1.08. The van der Waals surface area contributed by atoms with Gasteiger partial charge in [-0.25, -0.2) is 0 Å². The first-order valence-corrected chi connectivity index (χ1v) is 2.72. The molecule has 0 aliphatic carbocycles. The van der Waals surface area contributed by atoms with Crippen molar-refractivity contribution < 1.29 is 9.72 Å². The van der Waals surface area contributed by atoms with Gasteiger partial charge in [0, 0.05) is 0 Å². The van der Waals surface area contributed by atoms with E-state index in [4.69, 9.17) is 0 Å². The van der Waals surface area contributed by atoms with Crippen molar-refractivity contribution in [2.24, 2.45) is 0 Å². The summed E-state index contributed by atoms with van der Waals surface area (Å²) in [5.41, 5.74) is -0.516. The summed E-state index contributed by atoms with van der Waals surface area (Å²) < 4.78 is 0. The van der Waals surface area contributed by atoms with E-state index >= 15 is 0 Å². The first-order valence-electron chi connectivity index (χ1n) is 2.72. The standard InChI is InChI=1S/C5H5N3O3/c1-3-6-2-4(8(10)11)5(9)7-3/h2,6H,1H2,(H,7,9). The number of hydrogen-bond donors (Lipinski definition) is 2. The molecule has 0 aromatic rings. The molecule has 0 bridgehead atoms. The number of nitrogens with zero attached hydrogens (tertiary/aromatic N) is 1. The molecular formula is C5H5N3O3. The maximum Gasteiger partial charge on any atom is 0.349 e. The zero-order valence-corrected chi connectivity index (χ0v) is 5.46. The minimum absolute atomic E-state index is 0.237. The summed E-state index contributed by atoms with van der Waals surface area (Å²) in [4.78, 5) is 20.0. The highest BCUT2D eigenvalue weighted by atomic mass is 16.6. The Morgan fingerprint density at radius 3 is 2.73 bits per heavy atom. The Morgan fingerprint density at radius 2 is 2.27 bits per heavy atom. The summed E-state index contributed by atoms with van der Waals surface area (Å²) in [5.74, 6) is -0.514. The van der Waals surface area contributed by atoms with Crippen molar-refractivity contribution in [3.05, 3.63) is 34.4 Å². The highest BCUT2D eigenvalue weighted by molar-refractivity contribution is 5.92. The van der Waals surface area contributed by atoms with Crippen LogP contribution in [0.5, 0.6) is 0 Å². The van der Waals surface area contributed by atoms with Crippen LogP contribution in [0.4, 0.5) is 0 Å². The molecule has 0 aromatic carbocycles. The van der Waals surface area contributed by atoms with Crippen LogP contribution in [0.1, 0.15) is 0 Å². The van der Waals surface area contributed by atoms with Gasteiger partial charge in [-0.05, 0) is 0 Å². The quantitative estimate of drug-likeness (QED) is 0.387. The summed E-state index contributed by atoms with van der Waals surface area (Å²) in [7, 11) is 0. The Kier molecular flexibility index (Phi) is 1.59. The van der Waals surface area contributed by atoms with Crippen LogP contribution in [0.2, 0.25) is 0 Å². The molecule has 0 atom stereocenters. The van der Waals surface area contributed by atoms with Crippen LogP contribution < -0.4 is 10.6 Å². The third-order valence-electron chi connectivity index (χ3n) is 1.08. The SMILES string of the molecule is C=C1NC=C([N+](=O)[O-])C(=O)N1. The number of rotatable bonds is 1. The predicted molar refractivity (Wildman–Crippen MR) is 35.5 cm³/mol. The summed E-state index contributed by atoms with van der Waals surface area (Å²) >= 11 is 0. The first-order chi connectivity index (χ1) is 5.11. The number of amides is 1. The molecule has 0 fully saturated rings. The zero-order chi connectivity index (χ0) is 8.43. The largest absolute Gasteiger partial charge is 0.349 e. The van der Waals surface area contributed by atoms with Gasteiger partial charge in [0.05, 0.1) is 11.1 Å². The number of nitro groups is 1. The van der Waals surface area contributed by atoms with Crippen molar-refractivity contribution in [1.29, 1.82) is 0 Å². The summed E-state index contributed by atoms with van der Waals surface area (Å²) in [6.07, 6.45) is 1.00. The van der Waals surface area contributed by atoms with Crippen molar-refractivity contribution in [2.45, 2.75) is 0 Å². The van der Waals surface area contributed by atoms with Gasteiger partial charge in [0.2, 0.25) is 0 Å². The van der Waals surface area contributed by atoms with Gasteiger partial charge in [-0.2, -0.15) is 0 Å². The maximum atomic E-state index is 10.7. The molecule has 1 amide bonds. The van der Waals surface area contributed by atoms with Gasteiger partial charge in [0.25, 0.3) is 0 Å².